The normalized spacial score (nSPS) is 13.3. The molecule has 18 heavy (non-hydrogen) atoms. The van der Waals surface area contributed by atoms with E-state index < -0.39 is 10.0 Å². The monoisotopic (exact) mass is 289 g/mol. The van der Waals surface area contributed by atoms with E-state index in [4.69, 9.17) is 5.73 Å². The number of hydrogen-bond acceptors (Lipinski definition) is 5. The van der Waals surface area contributed by atoms with E-state index in [1.165, 1.54) is 13.1 Å². The highest BCUT2D eigenvalue weighted by atomic mass is 32.2. The van der Waals surface area contributed by atoms with E-state index >= 15 is 0 Å². The Hall–Kier alpha value is -0.920. The fourth-order valence-electron chi connectivity index (χ4n) is 1.35. The van der Waals surface area contributed by atoms with Gasteiger partial charge in [0.05, 0.1) is 5.69 Å². The van der Waals surface area contributed by atoms with Crippen LogP contribution in [0.1, 0.15) is 6.92 Å². The van der Waals surface area contributed by atoms with Gasteiger partial charge in [-0.2, -0.15) is 11.8 Å². The Kier molecular flexibility index (Phi) is 5.30. The molecule has 1 aromatic carbocycles. The van der Waals surface area contributed by atoms with Crippen molar-refractivity contribution in [1.82, 2.24) is 4.72 Å². The van der Waals surface area contributed by atoms with Crippen LogP contribution in [-0.4, -0.2) is 33.5 Å². The number of nitrogen functional groups attached to an aromatic ring is 1. The molecule has 0 amide bonds. The van der Waals surface area contributed by atoms with Crippen molar-refractivity contribution < 1.29 is 8.42 Å². The van der Waals surface area contributed by atoms with E-state index in [0.717, 1.165) is 0 Å². The average molecular weight is 289 g/mol. The van der Waals surface area contributed by atoms with Crippen LogP contribution in [0, 0.1) is 0 Å². The molecule has 0 saturated carbocycles. The first-order valence-corrected chi connectivity index (χ1v) is 8.27. The lowest BCUT2D eigenvalue weighted by atomic mass is 10.3. The van der Waals surface area contributed by atoms with Crippen LogP contribution in [-0.2, 0) is 10.0 Å². The number of thioether (sulfide) groups is 1. The third-order valence-corrected chi connectivity index (χ3v) is 4.97. The largest absolute Gasteiger partial charge is 0.399 e. The molecule has 0 bridgehead atoms. The van der Waals surface area contributed by atoms with Crippen molar-refractivity contribution in [3.63, 3.8) is 0 Å². The number of hydrogen-bond donors (Lipinski definition) is 3. The molecule has 0 aliphatic carbocycles. The second-order valence-electron chi connectivity index (χ2n) is 3.89. The van der Waals surface area contributed by atoms with Crippen molar-refractivity contribution >= 4 is 33.2 Å². The summed E-state index contributed by atoms with van der Waals surface area (Å²) >= 11 is 1.71. The van der Waals surface area contributed by atoms with Gasteiger partial charge in [-0.1, -0.05) is 6.92 Å². The maximum absolute atomic E-state index is 11.9. The highest BCUT2D eigenvalue weighted by molar-refractivity contribution is 7.99. The molecule has 1 atom stereocenters. The Morgan fingerprint density at radius 3 is 2.67 bits per heavy atom. The van der Waals surface area contributed by atoms with Crippen LogP contribution in [0.5, 0.6) is 0 Å². The molecule has 0 fully saturated rings. The van der Waals surface area contributed by atoms with E-state index in [1.807, 2.05) is 6.26 Å². The summed E-state index contributed by atoms with van der Waals surface area (Å²) in [5.41, 5.74) is 6.63. The molecule has 0 aliphatic heterocycles. The van der Waals surface area contributed by atoms with Crippen LogP contribution in [0.15, 0.2) is 23.1 Å². The number of nitrogens with two attached hydrogens (primary N) is 1. The molecular weight excluding hydrogens is 270 g/mol. The van der Waals surface area contributed by atoms with Gasteiger partial charge in [0.15, 0.2) is 0 Å². The minimum atomic E-state index is -3.51. The van der Waals surface area contributed by atoms with Crippen molar-refractivity contribution in [3.05, 3.63) is 18.2 Å². The van der Waals surface area contributed by atoms with Gasteiger partial charge in [0.25, 0.3) is 0 Å². The summed E-state index contributed by atoms with van der Waals surface area (Å²) in [6, 6.07) is 4.82. The zero-order valence-electron chi connectivity index (χ0n) is 10.7. The van der Waals surface area contributed by atoms with Crippen LogP contribution in [0.4, 0.5) is 11.4 Å². The number of sulfonamides is 1. The van der Waals surface area contributed by atoms with Crippen LogP contribution < -0.4 is 15.8 Å². The molecule has 1 rings (SSSR count). The van der Waals surface area contributed by atoms with Gasteiger partial charge >= 0.3 is 0 Å². The Morgan fingerprint density at radius 2 is 2.11 bits per heavy atom. The zero-order chi connectivity index (χ0) is 13.8. The van der Waals surface area contributed by atoms with Gasteiger partial charge in [-0.25, -0.2) is 13.1 Å². The van der Waals surface area contributed by atoms with Crippen molar-refractivity contribution in [2.75, 3.05) is 30.9 Å². The zero-order valence-corrected chi connectivity index (χ0v) is 12.4. The van der Waals surface area contributed by atoms with Gasteiger partial charge in [0, 0.05) is 17.5 Å². The fraction of sp³-hybridized carbons (Fsp3) is 0.455. The average Bonchev–Trinajstić information content (AvgIpc) is 2.36. The number of rotatable bonds is 6. The second-order valence-corrected chi connectivity index (χ2v) is 7.02. The predicted octanol–water partition coefficient (Wildman–Crippen LogP) is 1.34. The topological polar surface area (TPSA) is 84.2 Å². The molecule has 4 N–H and O–H groups in total. The molecule has 0 radical (unpaired) electrons. The summed E-state index contributed by atoms with van der Waals surface area (Å²) in [6.45, 7) is 2.76. The van der Waals surface area contributed by atoms with E-state index in [0.29, 0.717) is 23.2 Å². The van der Waals surface area contributed by atoms with Gasteiger partial charge < -0.3 is 11.1 Å². The van der Waals surface area contributed by atoms with Crippen LogP contribution in [0.3, 0.4) is 0 Å². The van der Waals surface area contributed by atoms with Gasteiger partial charge in [-0.05, 0) is 31.5 Å². The van der Waals surface area contributed by atoms with E-state index in [2.05, 4.69) is 17.0 Å². The summed E-state index contributed by atoms with van der Waals surface area (Å²) in [5.74, 6) is 0. The van der Waals surface area contributed by atoms with Crippen LogP contribution in [0.2, 0.25) is 0 Å². The molecule has 0 aromatic heterocycles. The minimum absolute atomic E-state index is 0.179. The smallest absolute Gasteiger partial charge is 0.242 e. The summed E-state index contributed by atoms with van der Waals surface area (Å²) in [5, 5.41) is 3.53. The quantitative estimate of drug-likeness (QED) is 0.688. The number of anilines is 2. The molecule has 0 spiro atoms. The first kappa shape index (κ1) is 15.1. The summed E-state index contributed by atoms with van der Waals surface area (Å²) in [7, 11) is -2.12. The molecule has 0 heterocycles. The van der Waals surface area contributed by atoms with E-state index in [1.54, 1.807) is 23.9 Å². The molecular formula is C11H19N3O2S2. The van der Waals surface area contributed by atoms with Gasteiger partial charge in [-0.15, -0.1) is 0 Å². The Morgan fingerprint density at radius 1 is 1.44 bits per heavy atom. The van der Waals surface area contributed by atoms with Crippen LogP contribution >= 0.6 is 11.8 Å². The molecule has 102 valence electrons. The second kappa shape index (κ2) is 6.31. The molecule has 1 aromatic rings. The first-order valence-electron chi connectivity index (χ1n) is 5.50. The Bertz CT molecular complexity index is 503. The maximum atomic E-state index is 11.9. The Balaban J connectivity index is 3.05. The molecule has 1 unspecified atom stereocenters. The maximum Gasteiger partial charge on any atom is 0.242 e. The predicted molar refractivity (Wildman–Crippen MR) is 78.6 cm³/mol. The summed E-state index contributed by atoms with van der Waals surface area (Å²) in [6.07, 6.45) is 2.01. The van der Waals surface area contributed by atoms with Crippen molar-refractivity contribution in [2.45, 2.75) is 17.1 Å². The molecule has 7 heteroatoms. The third-order valence-electron chi connectivity index (χ3n) is 2.55. The number of nitrogens with one attached hydrogen (secondary N) is 2. The third kappa shape index (κ3) is 3.79. The lowest BCUT2D eigenvalue weighted by molar-refractivity contribution is 0.588. The lowest BCUT2D eigenvalue weighted by Gasteiger charge is -2.15. The summed E-state index contributed by atoms with van der Waals surface area (Å²) in [4.78, 5) is 0.179. The SMILES string of the molecule is CNS(=O)(=O)c1cc(N)ccc1NCC(C)SC. The highest BCUT2D eigenvalue weighted by Crippen LogP contribution is 2.24. The van der Waals surface area contributed by atoms with Crippen molar-refractivity contribution in [1.29, 1.82) is 0 Å². The minimum Gasteiger partial charge on any atom is -0.399 e. The highest BCUT2D eigenvalue weighted by Gasteiger charge is 2.17. The molecule has 0 saturated heterocycles. The molecule has 5 nitrogen and oxygen atoms in total. The van der Waals surface area contributed by atoms with E-state index in [9.17, 15) is 8.42 Å². The van der Waals surface area contributed by atoms with Gasteiger partial charge in [-0.3, -0.25) is 0 Å². The number of benzene rings is 1. The van der Waals surface area contributed by atoms with Crippen molar-refractivity contribution in [2.24, 2.45) is 0 Å². The summed E-state index contributed by atoms with van der Waals surface area (Å²) < 4.78 is 26.1. The Labute approximate surface area is 113 Å². The lowest BCUT2D eigenvalue weighted by Crippen LogP contribution is -2.22. The fourth-order valence-corrected chi connectivity index (χ4v) is 2.55. The first-order chi connectivity index (χ1) is 8.40. The van der Waals surface area contributed by atoms with E-state index in [-0.39, 0.29) is 4.90 Å². The molecule has 0 aliphatic rings. The van der Waals surface area contributed by atoms with Gasteiger partial charge in [0.1, 0.15) is 4.90 Å². The standard InChI is InChI=1S/C11H19N3O2S2/c1-8(17-3)7-14-10-5-4-9(12)6-11(10)18(15,16)13-2/h4-6,8,13-14H,7,12H2,1-3H3. The van der Waals surface area contributed by atoms with Crippen LogP contribution in [0.25, 0.3) is 0 Å². The van der Waals surface area contributed by atoms with Gasteiger partial charge in [0.2, 0.25) is 10.0 Å². The van der Waals surface area contributed by atoms with Crippen molar-refractivity contribution in [3.8, 4) is 0 Å².